The summed E-state index contributed by atoms with van der Waals surface area (Å²) in [5.41, 5.74) is -0.225. The molecule has 22 heavy (non-hydrogen) atoms. The molecule has 0 saturated heterocycles. The first-order valence-corrected chi connectivity index (χ1v) is 6.71. The lowest BCUT2D eigenvalue weighted by Gasteiger charge is -2.09. The molecule has 0 spiro atoms. The van der Waals surface area contributed by atoms with E-state index in [2.05, 4.69) is 9.72 Å². The number of H-pyrrole nitrogens is 1. The normalized spacial score (nSPS) is 14.0. The topological polar surface area (TPSA) is 123 Å². The molecule has 1 aromatic carbocycles. The molecule has 0 amide bonds. The van der Waals surface area contributed by atoms with Crippen molar-refractivity contribution in [2.24, 2.45) is 0 Å². The number of nitrogens with one attached hydrogen (secondary N) is 1. The number of aromatic amines is 1. The Labute approximate surface area is 127 Å². The van der Waals surface area contributed by atoms with Crippen molar-refractivity contribution in [1.82, 2.24) is 4.98 Å². The Morgan fingerprint density at radius 1 is 1.50 bits per heavy atom. The monoisotopic (exact) mass is 324 g/mol. The van der Waals surface area contributed by atoms with Crippen LogP contribution < -0.4 is 10.2 Å². The van der Waals surface area contributed by atoms with Crippen molar-refractivity contribution < 1.29 is 19.6 Å². The van der Waals surface area contributed by atoms with E-state index in [1.807, 2.05) is 0 Å². The number of rotatable bonds is 3. The second-order valence-electron chi connectivity index (χ2n) is 4.93. The van der Waals surface area contributed by atoms with Crippen molar-refractivity contribution in [2.45, 2.75) is 18.8 Å². The van der Waals surface area contributed by atoms with Crippen molar-refractivity contribution in [2.75, 3.05) is 0 Å². The maximum Gasteiger partial charge on any atom is 0.511 e. The molecule has 0 unspecified atom stereocenters. The average molecular weight is 325 g/mol. The summed E-state index contributed by atoms with van der Waals surface area (Å²) in [6, 6.07) is 1.04. The summed E-state index contributed by atoms with van der Waals surface area (Å²) in [5, 5.41) is 19.7. The molecule has 2 aromatic rings. The van der Waals surface area contributed by atoms with Gasteiger partial charge in [0.05, 0.1) is 15.8 Å². The lowest BCUT2D eigenvalue weighted by atomic mass is 10.0. The van der Waals surface area contributed by atoms with Crippen LogP contribution in [0.5, 0.6) is 5.75 Å². The third kappa shape index (κ3) is 2.27. The zero-order chi connectivity index (χ0) is 16.0. The summed E-state index contributed by atoms with van der Waals surface area (Å²) in [6.45, 7) is 0. The minimum atomic E-state index is -1.64. The number of pyridine rings is 1. The second kappa shape index (κ2) is 4.99. The Kier molecular flexibility index (Phi) is 3.25. The highest BCUT2D eigenvalue weighted by atomic mass is 35.5. The molecular formula is C13H9ClN2O6. The molecule has 8 nitrogen and oxygen atoms in total. The van der Waals surface area contributed by atoms with E-state index in [9.17, 15) is 19.7 Å². The molecule has 114 valence electrons. The summed E-state index contributed by atoms with van der Waals surface area (Å²) < 4.78 is 4.37. The van der Waals surface area contributed by atoms with Crippen LogP contribution in [-0.4, -0.2) is 21.2 Å². The molecule has 2 N–H and O–H groups in total. The standard InChI is InChI=1S/C13H9ClN2O6/c14-10-7(16(20)21)3-6-11(9(10)5-1-2-5)15-4-8(12(6)17)22-13(18)19/h3-5H,1-2H2,(H,15,17)(H,18,19). The van der Waals surface area contributed by atoms with E-state index in [-0.39, 0.29) is 22.0 Å². The Balaban J connectivity index is 2.35. The highest BCUT2D eigenvalue weighted by Crippen LogP contribution is 2.48. The molecular weight excluding hydrogens is 316 g/mol. The summed E-state index contributed by atoms with van der Waals surface area (Å²) in [5.74, 6) is -0.393. The van der Waals surface area contributed by atoms with Crippen LogP contribution in [0.15, 0.2) is 17.1 Å². The van der Waals surface area contributed by atoms with Crippen LogP contribution in [0.25, 0.3) is 10.9 Å². The van der Waals surface area contributed by atoms with E-state index in [1.54, 1.807) is 0 Å². The summed E-state index contributed by atoms with van der Waals surface area (Å²) in [6.07, 6.45) is 1.12. The van der Waals surface area contributed by atoms with Gasteiger partial charge in [-0.05, 0) is 18.8 Å². The highest BCUT2D eigenvalue weighted by molar-refractivity contribution is 6.34. The summed E-state index contributed by atoms with van der Waals surface area (Å²) >= 11 is 6.11. The first-order valence-electron chi connectivity index (χ1n) is 6.33. The van der Waals surface area contributed by atoms with Gasteiger partial charge in [-0.1, -0.05) is 11.6 Å². The van der Waals surface area contributed by atoms with Gasteiger partial charge in [-0.3, -0.25) is 14.9 Å². The molecule has 3 rings (SSSR count). The van der Waals surface area contributed by atoms with Gasteiger partial charge in [0, 0.05) is 17.8 Å². The minimum Gasteiger partial charge on any atom is -0.449 e. The molecule has 1 heterocycles. The molecule has 0 radical (unpaired) electrons. The second-order valence-corrected chi connectivity index (χ2v) is 5.31. The lowest BCUT2D eigenvalue weighted by Crippen LogP contribution is -2.14. The van der Waals surface area contributed by atoms with Gasteiger partial charge in [-0.25, -0.2) is 4.79 Å². The Bertz CT molecular complexity index is 871. The minimum absolute atomic E-state index is 0.00236. The van der Waals surface area contributed by atoms with E-state index < -0.39 is 22.3 Å². The van der Waals surface area contributed by atoms with Crippen LogP contribution in [0.2, 0.25) is 5.02 Å². The maximum atomic E-state index is 12.3. The van der Waals surface area contributed by atoms with Crippen molar-refractivity contribution in [3.8, 4) is 5.75 Å². The molecule has 0 aliphatic heterocycles. The van der Waals surface area contributed by atoms with Gasteiger partial charge >= 0.3 is 6.16 Å². The van der Waals surface area contributed by atoms with Gasteiger partial charge < -0.3 is 14.8 Å². The average Bonchev–Trinajstić information content (AvgIpc) is 3.25. The fourth-order valence-electron chi connectivity index (χ4n) is 2.39. The smallest absolute Gasteiger partial charge is 0.449 e. The van der Waals surface area contributed by atoms with Gasteiger partial charge in [0.2, 0.25) is 5.43 Å². The number of ether oxygens (including phenoxy) is 1. The molecule has 0 bridgehead atoms. The molecule has 1 aromatic heterocycles. The van der Waals surface area contributed by atoms with Crippen molar-refractivity contribution in [1.29, 1.82) is 0 Å². The summed E-state index contributed by atoms with van der Waals surface area (Å²) in [4.78, 5) is 36.1. The van der Waals surface area contributed by atoms with Crippen LogP contribution in [0.1, 0.15) is 24.3 Å². The van der Waals surface area contributed by atoms with Gasteiger partial charge in [0.1, 0.15) is 5.02 Å². The number of nitrogens with zero attached hydrogens (tertiary/aromatic N) is 1. The van der Waals surface area contributed by atoms with Gasteiger partial charge in [-0.2, -0.15) is 0 Å². The van der Waals surface area contributed by atoms with Crippen LogP contribution in [0.3, 0.4) is 0 Å². The quantitative estimate of drug-likeness (QED) is 0.508. The van der Waals surface area contributed by atoms with Crippen LogP contribution in [0, 0.1) is 10.1 Å². The zero-order valence-electron chi connectivity index (χ0n) is 11.0. The number of nitro groups is 1. The predicted molar refractivity (Wildman–Crippen MR) is 76.9 cm³/mol. The first-order chi connectivity index (χ1) is 10.4. The van der Waals surface area contributed by atoms with Crippen LogP contribution in [-0.2, 0) is 0 Å². The molecule has 1 aliphatic carbocycles. The van der Waals surface area contributed by atoms with Crippen LogP contribution >= 0.6 is 11.6 Å². The molecule has 9 heteroatoms. The number of fused-ring (bicyclic) bond motifs is 1. The van der Waals surface area contributed by atoms with E-state index >= 15 is 0 Å². The number of nitro benzene ring substituents is 1. The summed E-state index contributed by atoms with van der Waals surface area (Å²) in [7, 11) is 0. The number of carboxylic acid groups (broad SMARTS) is 1. The van der Waals surface area contributed by atoms with E-state index in [4.69, 9.17) is 16.7 Å². The highest BCUT2D eigenvalue weighted by Gasteiger charge is 2.33. The number of carbonyl (C=O) groups is 1. The first kappa shape index (κ1) is 14.3. The SMILES string of the molecule is O=C(O)Oc1c[nH]c2c(C3CC3)c(Cl)c([N+](=O)[O-])cc2c1=O. The van der Waals surface area contributed by atoms with Gasteiger partial charge in [0.15, 0.2) is 5.75 Å². The zero-order valence-corrected chi connectivity index (χ0v) is 11.7. The van der Waals surface area contributed by atoms with Crippen molar-refractivity contribution in [3.63, 3.8) is 0 Å². The fraction of sp³-hybridized carbons (Fsp3) is 0.231. The van der Waals surface area contributed by atoms with E-state index in [0.29, 0.717) is 11.1 Å². The lowest BCUT2D eigenvalue weighted by molar-refractivity contribution is -0.384. The van der Waals surface area contributed by atoms with Crippen LogP contribution in [0.4, 0.5) is 10.5 Å². The Hall–Kier alpha value is -2.61. The number of aromatic nitrogens is 1. The predicted octanol–water partition coefficient (Wildman–Crippen LogP) is 3.02. The van der Waals surface area contributed by atoms with Crippen molar-refractivity contribution in [3.05, 3.63) is 43.2 Å². The number of hydrogen-bond donors (Lipinski definition) is 2. The van der Waals surface area contributed by atoms with Gasteiger partial charge in [0.25, 0.3) is 5.69 Å². The van der Waals surface area contributed by atoms with E-state index in [1.165, 1.54) is 0 Å². The molecule has 0 atom stereocenters. The molecule has 1 saturated carbocycles. The number of benzene rings is 1. The third-order valence-corrected chi connectivity index (χ3v) is 3.87. The largest absolute Gasteiger partial charge is 0.511 e. The molecule has 1 aliphatic rings. The Morgan fingerprint density at radius 3 is 2.73 bits per heavy atom. The Morgan fingerprint density at radius 2 is 2.18 bits per heavy atom. The van der Waals surface area contributed by atoms with E-state index in [0.717, 1.165) is 25.1 Å². The van der Waals surface area contributed by atoms with Gasteiger partial charge in [-0.15, -0.1) is 0 Å². The fourth-order valence-corrected chi connectivity index (χ4v) is 2.77. The van der Waals surface area contributed by atoms with Crippen molar-refractivity contribution >= 4 is 34.3 Å². The molecule has 1 fully saturated rings. The number of hydrogen-bond acceptors (Lipinski definition) is 5. The third-order valence-electron chi connectivity index (χ3n) is 3.48. The maximum absolute atomic E-state index is 12.3. The number of halogens is 1.